The van der Waals surface area contributed by atoms with Gasteiger partial charge in [0.25, 0.3) is 5.69 Å². The molecule has 112 valence electrons. The van der Waals surface area contributed by atoms with Gasteiger partial charge < -0.3 is 9.47 Å². The van der Waals surface area contributed by atoms with Gasteiger partial charge in [0.2, 0.25) is 5.71 Å². The Balaban J connectivity index is 2.17. The first-order valence-electron chi connectivity index (χ1n) is 6.93. The molecule has 1 heterocycles. The number of nitrogens with zero attached hydrogens (tertiary/aromatic N) is 2. The summed E-state index contributed by atoms with van der Waals surface area (Å²) in [5.41, 5.74) is 1.89. The number of hydrogen-bond acceptors (Lipinski definition) is 4. The molecule has 0 atom stereocenters. The summed E-state index contributed by atoms with van der Waals surface area (Å²) in [7, 11) is 0.235. The van der Waals surface area contributed by atoms with Crippen molar-refractivity contribution in [1.29, 1.82) is 0 Å². The molecular weight excluding hydrogens is 284 g/mol. The second-order valence-corrected chi connectivity index (χ2v) is 11.7. The lowest BCUT2D eigenvalue weighted by Crippen LogP contribution is -2.21. The lowest BCUT2D eigenvalue weighted by atomic mass is 10.1. The summed E-state index contributed by atoms with van der Waals surface area (Å²) >= 11 is 0. The molecule has 0 spiro atoms. The standard InChI is InChI=1S/C15H21N2O3Si/c1-19-15(18)14-12-7-5-6-8-13(12)17(16-14)11-20-9-10-21(2,3)4/h5-8,11H,9-10H2,1-4H3/q+1. The van der Waals surface area contributed by atoms with E-state index in [1.54, 1.807) is 11.1 Å². The van der Waals surface area contributed by atoms with Crippen molar-refractivity contribution in [3.63, 3.8) is 0 Å². The van der Waals surface area contributed by atoms with E-state index in [2.05, 4.69) is 24.7 Å². The maximum absolute atomic E-state index is 11.8. The van der Waals surface area contributed by atoms with Crippen LogP contribution in [-0.2, 0) is 14.3 Å². The highest BCUT2D eigenvalue weighted by molar-refractivity contribution is 6.76. The number of hydrazone groups is 1. The average Bonchev–Trinajstić information content (AvgIpc) is 2.81. The number of carbonyl (C=O) groups is 1. The molecule has 2 rings (SSSR count). The van der Waals surface area contributed by atoms with Gasteiger partial charge in [0.05, 0.1) is 19.3 Å². The zero-order valence-electron chi connectivity index (χ0n) is 12.9. The van der Waals surface area contributed by atoms with Crippen molar-refractivity contribution in [2.75, 3.05) is 13.7 Å². The van der Waals surface area contributed by atoms with E-state index in [9.17, 15) is 4.79 Å². The van der Waals surface area contributed by atoms with Gasteiger partial charge in [-0.3, -0.25) is 0 Å². The first-order valence-corrected chi connectivity index (χ1v) is 10.6. The highest BCUT2D eigenvalue weighted by Gasteiger charge is 2.33. The third kappa shape index (κ3) is 3.78. The lowest BCUT2D eigenvalue weighted by molar-refractivity contribution is -0.445. The molecule has 0 aromatic heterocycles. The van der Waals surface area contributed by atoms with Gasteiger partial charge in [-0.1, -0.05) is 31.8 Å². The topological polar surface area (TPSA) is 50.9 Å². The molecule has 0 N–H and O–H groups in total. The van der Waals surface area contributed by atoms with Crippen molar-refractivity contribution in [1.82, 2.24) is 0 Å². The molecule has 0 amide bonds. The zero-order chi connectivity index (χ0) is 15.5. The quantitative estimate of drug-likeness (QED) is 0.276. The third-order valence-electron chi connectivity index (χ3n) is 3.14. The van der Waals surface area contributed by atoms with E-state index >= 15 is 0 Å². The summed E-state index contributed by atoms with van der Waals surface area (Å²) < 4.78 is 11.9. The number of esters is 1. The van der Waals surface area contributed by atoms with Gasteiger partial charge in [-0.15, -0.1) is 0 Å². The van der Waals surface area contributed by atoms with Crippen LogP contribution in [0, 0.1) is 0 Å². The zero-order valence-corrected chi connectivity index (χ0v) is 13.9. The normalized spacial score (nSPS) is 15.6. The summed E-state index contributed by atoms with van der Waals surface area (Å²) in [6.07, 6.45) is 1.56. The lowest BCUT2D eigenvalue weighted by Gasteiger charge is -2.13. The Labute approximate surface area is 125 Å². The molecular formula is C15H21N2O3Si+. The van der Waals surface area contributed by atoms with Crippen LogP contribution in [0.15, 0.2) is 29.4 Å². The fraction of sp³-hybridized carbons (Fsp3) is 0.400. The molecule has 21 heavy (non-hydrogen) atoms. The summed E-state index contributed by atoms with van der Waals surface area (Å²) in [5.74, 6) is -0.444. The van der Waals surface area contributed by atoms with Gasteiger partial charge in [0, 0.05) is 19.2 Å². The summed E-state index contributed by atoms with van der Waals surface area (Å²) in [5, 5.41) is 4.27. The van der Waals surface area contributed by atoms with E-state index in [4.69, 9.17) is 9.47 Å². The van der Waals surface area contributed by atoms with Crippen LogP contribution in [0.3, 0.4) is 0 Å². The van der Waals surface area contributed by atoms with E-state index in [1.807, 2.05) is 24.3 Å². The fourth-order valence-electron chi connectivity index (χ4n) is 1.91. The number of fused-ring (bicyclic) bond motifs is 1. The minimum absolute atomic E-state index is 0.304. The van der Waals surface area contributed by atoms with Crippen molar-refractivity contribution < 1.29 is 19.0 Å². The Morgan fingerprint density at radius 1 is 1.33 bits per heavy atom. The molecule has 0 bridgehead atoms. The number of benzene rings is 1. The van der Waals surface area contributed by atoms with Crippen LogP contribution in [0.25, 0.3) is 0 Å². The Bertz CT molecular complexity index is 603. The molecule has 0 unspecified atom stereocenters. The largest absolute Gasteiger partial charge is 0.464 e. The Hall–Kier alpha value is -1.95. The van der Waals surface area contributed by atoms with Crippen molar-refractivity contribution in [2.24, 2.45) is 5.10 Å². The maximum Gasteiger partial charge on any atom is 0.363 e. The number of hydrogen-bond donors (Lipinski definition) is 0. The SMILES string of the molecule is COC(=O)C1=N[N+](=COCC[Si](C)(C)C)c2ccccc21. The smallest absolute Gasteiger partial charge is 0.363 e. The minimum Gasteiger partial charge on any atom is -0.464 e. The first-order chi connectivity index (χ1) is 9.92. The summed E-state index contributed by atoms with van der Waals surface area (Å²) in [6.45, 7) is 7.57. The highest BCUT2D eigenvalue weighted by atomic mass is 28.3. The highest BCUT2D eigenvalue weighted by Crippen LogP contribution is 2.26. The van der Waals surface area contributed by atoms with Crippen molar-refractivity contribution in [2.45, 2.75) is 25.7 Å². The fourth-order valence-corrected chi connectivity index (χ4v) is 2.64. The van der Waals surface area contributed by atoms with Crippen LogP contribution in [0.5, 0.6) is 0 Å². The number of rotatable bonds is 5. The third-order valence-corrected chi connectivity index (χ3v) is 4.84. The van der Waals surface area contributed by atoms with Crippen LogP contribution in [0.1, 0.15) is 5.56 Å². The molecule has 5 nitrogen and oxygen atoms in total. The van der Waals surface area contributed by atoms with Crippen LogP contribution >= 0.6 is 0 Å². The van der Waals surface area contributed by atoms with Crippen LogP contribution < -0.4 is 0 Å². The second-order valence-electron chi connectivity index (χ2n) is 6.09. The Kier molecular flexibility index (Phi) is 4.57. The molecule has 1 aromatic rings. The monoisotopic (exact) mass is 305 g/mol. The Morgan fingerprint density at radius 3 is 2.71 bits per heavy atom. The molecule has 1 aliphatic heterocycles. The van der Waals surface area contributed by atoms with E-state index in [1.165, 1.54) is 7.11 Å². The number of carbonyl (C=O) groups excluding carboxylic acids is 1. The van der Waals surface area contributed by atoms with Crippen molar-refractivity contribution in [3.05, 3.63) is 29.8 Å². The van der Waals surface area contributed by atoms with E-state index in [-0.39, 0.29) is 0 Å². The second kappa shape index (κ2) is 6.22. The number of para-hydroxylation sites is 1. The molecule has 0 saturated heterocycles. The molecule has 0 saturated carbocycles. The maximum atomic E-state index is 11.8. The molecule has 0 fully saturated rings. The predicted molar refractivity (Wildman–Crippen MR) is 85.1 cm³/mol. The van der Waals surface area contributed by atoms with E-state index in [0.717, 1.165) is 17.3 Å². The van der Waals surface area contributed by atoms with Crippen molar-refractivity contribution >= 4 is 31.8 Å². The van der Waals surface area contributed by atoms with Crippen molar-refractivity contribution in [3.8, 4) is 0 Å². The van der Waals surface area contributed by atoms with Gasteiger partial charge in [0.1, 0.15) is 0 Å². The van der Waals surface area contributed by atoms with Gasteiger partial charge in [0.15, 0.2) is 0 Å². The molecule has 0 aliphatic carbocycles. The van der Waals surface area contributed by atoms with Crippen LogP contribution in [0.4, 0.5) is 5.69 Å². The molecule has 1 aromatic carbocycles. The van der Waals surface area contributed by atoms with Gasteiger partial charge >= 0.3 is 12.4 Å². The summed E-state index contributed by atoms with van der Waals surface area (Å²) in [6, 6.07) is 8.59. The van der Waals surface area contributed by atoms with E-state index in [0.29, 0.717) is 12.3 Å². The predicted octanol–water partition coefficient (Wildman–Crippen LogP) is 2.60. The minimum atomic E-state index is -1.12. The van der Waals surface area contributed by atoms with Gasteiger partial charge in [-0.25, -0.2) is 4.79 Å². The molecule has 1 aliphatic rings. The molecule has 6 heteroatoms. The number of methoxy groups -OCH3 is 1. The molecule has 0 radical (unpaired) electrons. The van der Waals surface area contributed by atoms with Gasteiger partial charge in [-0.2, -0.15) is 0 Å². The average molecular weight is 305 g/mol. The Morgan fingerprint density at radius 2 is 2.05 bits per heavy atom. The van der Waals surface area contributed by atoms with Crippen LogP contribution in [-0.4, -0.2) is 44.6 Å². The van der Waals surface area contributed by atoms with Gasteiger partial charge in [-0.05, 0) is 16.8 Å². The number of ether oxygens (including phenoxy) is 2. The van der Waals surface area contributed by atoms with Crippen LogP contribution in [0.2, 0.25) is 25.7 Å². The van der Waals surface area contributed by atoms with E-state index < -0.39 is 14.0 Å². The summed E-state index contributed by atoms with van der Waals surface area (Å²) in [4.78, 5) is 11.8. The first kappa shape index (κ1) is 15.4.